The molecule has 0 spiro atoms. The number of rotatable bonds is 29. The average Bonchev–Trinajstić information content (AvgIpc) is 2.97. The largest absolute Gasteiger partial charge is 0.324 e. The van der Waals surface area contributed by atoms with Gasteiger partial charge in [-0.15, -0.1) is 0 Å². The van der Waals surface area contributed by atoms with Gasteiger partial charge in [0.05, 0.1) is 45.8 Å². The summed E-state index contributed by atoms with van der Waals surface area (Å²) in [6.45, 7) is 26.6. The summed E-state index contributed by atoms with van der Waals surface area (Å²) in [5, 5.41) is 0. The molecule has 0 aromatic heterocycles. The van der Waals surface area contributed by atoms with E-state index in [2.05, 4.69) is 65.5 Å². The van der Waals surface area contributed by atoms with E-state index in [1.165, 1.54) is 188 Å². The van der Waals surface area contributed by atoms with Crippen LogP contribution in [-0.4, -0.2) is 54.8 Å². The lowest BCUT2D eigenvalue weighted by Crippen LogP contribution is -2.50. The number of benzene rings is 1. The van der Waals surface area contributed by atoms with Crippen LogP contribution in [0.5, 0.6) is 0 Å². The van der Waals surface area contributed by atoms with Crippen LogP contribution in [-0.2, 0) is 6.54 Å². The SMILES string of the molecule is C=Cc1ccc(C[N+](CCC)(CCC)CCCCCC[N+](CCC)(CCC)CCCCCCCCCCCC)cc1. The first-order chi connectivity index (χ1) is 20.0. The lowest BCUT2D eigenvalue weighted by Gasteiger charge is -2.39. The highest BCUT2D eigenvalue weighted by molar-refractivity contribution is 5.47. The van der Waals surface area contributed by atoms with E-state index in [4.69, 9.17) is 0 Å². The highest BCUT2D eigenvalue weighted by Crippen LogP contribution is 2.21. The van der Waals surface area contributed by atoms with E-state index < -0.39 is 0 Å². The summed E-state index contributed by atoms with van der Waals surface area (Å²) in [4.78, 5) is 0. The number of quaternary nitrogens is 2. The van der Waals surface area contributed by atoms with E-state index in [0.717, 1.165) is 0 Å². The van der Waals surface area contributed by atoms with E-state index in [1.54, 1.807) is 0 Å². The molecule has 0 atom stereocenters. The summed E-state index contributed by atoms with van der Waals surface area (Å²) in [6.07, 6.45) is 27.2. The normalized spacial score (nSPS) is 12.2. The van der Waals surface area contributed by atoms with Gasteiger partial charge in [-0.25, -0.2) is 0 Å². The summed E-state index contributed by atoms with van der Waals surface area (Å²) < 4.78 is 2.67. The molecule has 0 unspecified atom stereocenters. The zero-order valence-electron chi connectivity index (χ0n) is 28.9. The molecule has 0 saturated carbocycles. The van der Waals surface area contributed by atoms with Crippen molar-refractivity contribution in [3.05, 3.63) is 42.0 Å². The molecule has 0 aliphatic carbocycles. The average molecular weight is 571 g/mol. The second-order valence-corrected chi connectivity index (χ2v) is 13.4. The Kier molecular flexibility index (Phi) is 22.5. The molecule has 0 fully saturated rings. The molecule has 0 heterocycles. The second-order valence-electron chi connectivity index (χ2n) is 13.4. The van der Waals surface area contributed by atoms with Crippen molar-refractivity contribution < 1.29 is 8.97 Å². The zero-order valence-corrected chi connectivity index (χ0v) is 28.9. The molecule has 0 saturated heterocycles. The van der Waals surface area contributed by atoms with E-state index in [0.29, 0.717) is 0 Å². The van der Waals surface area contributed by atoms with Crippen molar-refractivity contribution in [1.29, 1.82) is 0 Å². The van der Waals surface area contributed by atoms with Crippen LogP contribution in [0.1, 0.15) is 161 Å². The number of hydrogen-bond acceptors (Lipinski definition) is 0. The minimum atomic E-state index is 1.19. The molecule has 0 aliphatic rings. The zero-order chi connectivity index (χ0) is 30.1. The van der Waals surface area contributed by atoms with Gasteiger partial charge in [0.2, 0.25) is 0 Å². The lowest BCUT2D eigenvalue weighted by atomic mass is 10.1. The van der Waals surface area contributed by atoms with Gasteiger partial charge in [0.15, 0.2) is 0 Å². The van der Waals surface area contributed by atoms with Crippen LogP contribution in [0.2, 0.25) is 0 Å². The van der Waals surface area contributed by atoms with Crippen LogP contribution in [0.15, 0.2) is 30.8 Å². The second kappa shape index (κ2) is 24.3. The Morgan fingerprint density at radius 3 is 1.20 bits per heavy atom. The van der Waals surface area contributed by atoms with Crippen LogP contribution < -0.4 is 0 Å². The van der Waals surface area contributed by atoms with Crippen LogP contribution in [0.4, 0.5) is 0 Å². The maximum atomic E-state index is 3.93. The van der Waals surface area contributed by atoms with Gasteiger partial charge in [-0.05, 0) is 69.8 Å². The van der Waals surface area contributed by atoms with Crippen molar-refractivity contribution in [3.63, 3.8) is 0 Å². The predicted molar refractivity (Wildman–Crippen MR) is 186 cm³/mol. The van der Waals surface area contributed by atoms with Crippen molar-refractivity contribution >= 4 is 6.08 Å². The summed E-state index contributed by atoms with van der Waals surface area (Å²) in [5.74, 6) is 0. The van der Waals surface area contributed by atoms with Crippen molar-refractivity contribution in [2.75, 3.05) is 45.8 Å². The summed E-state index contributed by atoms with van der Waals surface area (Å²) in [5.41, 5.74) is 2.72. The summed E-state index contributed by atoms with van der Waals surface area (Å²) in [7, 11) is 0. The maximum Gasteiger partial charge on any atom is 0.104 e. The first-order valence-electron chi connectivity index (χ1n) is 18.4. The molecule has 1 aromatic carbocycles. The quantitative estimate of drug-likeness (QED) is 0.0663. The van der Waals surface area contributed by atoms with Crippen molar-refractivity contribution in [2.45, 2.75) is 157 Å². The lowest BCUT2D eigenvalue weighted by molar-refractivity contribution is -0.941. The Balaban J connectivity index is 2.50. The van der Waals surface area contributed by atoms with E-state index in [-0.39, 0.29) is 0 Å². The molecule has 1 aromatic rings. The fourth-order valence-electron chi connectivity index (χ4n) is 7.47. The molecule has 2 nitrogen and oxygen atoms in total. The third-order valence-electron chi connectivity index (χ3n) is 9.53. The summed E-state index contributed by atoms with van der Waals surface area (Å²) in [6, 6.07) is 9.15. The van der Waals surface area contributed by atoms with E-state index in [9.17, 15) is 0 Å². The molecule has 0 N–H and O–H groups in total. The van der Waals surface area contributed by atoms with Gasteiger partial charge in [-0.3, -0.25) is 0 Å². The van der Waals surface area contributed by atoms with E-state index in [1.807, 2.05) is 6.08 Å². The standard InChI is InChI=1S/C39H74N2/c1-7-13-14-15-16-17-18-19-20-23-34-40(30-8-2,31-9-3)35-24-21-22-25-36-41(32-10-4,33-11-5)37-39-28-26-38(12-6)27-29-39/h12,26-29H,6-11,13-25,30-37H2,1-5H3/q+2. The molecule has 238 valence electrons. The molecule has 0 bridgehead atoms. The van der Waals surface area contributed by atoms with Gasteiger partial charge < -0.3 is 8.97 Å². The molecule has 1 rings (SSSR count). The third kappa shape index (κ3) is 16.9. The van der Waals surface area contributed by atoms with Crippen LogP contribution in [0.3, 0.4) is 0 Å². The van der Waals surface area contributed by atoms with Gasteiger partial charge in [0.1, 0.15) is 6.54 Å². The first-order valence-corrected chi connectivity index (χ1v) is 18.4. The van der Waals surface area contributed by atoms with Crippen LogP contribution in [0.25, 0.3) is 6.08 Å². The van der Waals surface area contributed by atoms with Gasteiger partial charge in [0.25, 0.3) is 0 Å². The van der Waals surface area contributed by atoms with Gasteiger partial charge in [-0.2, -0.15) is 0 Å². The minimum absolute atomic E-state index is 1.19. The summed E-state index contributed by atoms with van der Waals surface area (Å²) >= 11 is 0. The molecule has 2 heteroatoms. The number of nitrogens with zero attached hydrogens (tertiary/aromatic N) is 2. The smallest absolute Gasteiger partial charge is 0.104 e. The molecule has 41 heavy (non-hydrogen) atoms. The van der Waals surface area contributed by atoms with Crippen molar-refractivity contribution in [1.82, 2.24) is 0 Å². The number of unbranched alkanes of at least 4 members (excludes halogenated alkanes) is 12. The van der Waals surface area contributed by atoms with Crippen molar-refractivity contribution in [3.8, 4) is 0 Å². The molecule has 0 amide bonds. The Hall–Kier alpha value is -1.12. The van der Waals surface area contributed by atoms with Crippen LogP contribution in [0, 0.1) is 0 Å². The fourth-order valence-corrected chi connectivity index (χ4v) is 7.47. The maximum absolute atomic E-state index is 3.93. The Morgan fingerprint density at radius 1 is 0.439 bits per heavy atom. The Labute approximate surface area is 259 Å². The molecule has 0 aliphatic heterocycles. The molecular formula is C39H74N2+2. The topological polar surface area (TPSA) is 0 Å². The Bertz CT molecular complexity index is 710. The van der Waals surface area contributed by atoms with Gasteiger partial charge in [0, 0.05) is 5.56 Å². The predicted octanol–water partition coefficient (Wildman–Crippen LogP) is 11.6. The third-order valence-corrected chi connectivity index (χ3v) is 9.53. The minimum Gasteiger partial charge on any atom is -0.324 e. The first kappa shape index (κ1) is 37.9. The van der Waals surface area contributed by atoms with Crippen LogP contribution >= 0.6 is 0 Å². The number of hydrogen-bond donors (Lipinski definition) is 0. The highest BCUT2D eigenvalue weighted by Gasteiger charge is 2.27. The van der Waals surface area contributed by atoms with Gasteiger partial charge in [-0.1, -0.05) is 123 Å². The highest BCUT2D eigenvalue weighted by atomic mass is 15.4. The van der Waals surface area contributed by atoms with E-state index >= 15 is 0 Å². The van der Waals surface area contributed by atoms with Crippen molar-refractivity contribution in [2.24, 2.45) is 0 Å². The molecular weight excluding hydrogens is 496 g/mol. The fraction of sp³-hybridized carbons (Fsp3) is 0.795. The Morgan fingerprint density at radius 2 is 0.805 bits per heavy atom. The molecule has 0 radical (unpaired) electrons. The van der Waals surface area contributed by atoms with Gasteiger partial charge >= 0.3 is 0 Å². The monoisotopic (exact) mass is 571 g/mol.